The number of carbonyl (C=O) groups is 3. The van der Waals surface area contributed by atoms with E-state index in [1.54, 1.807) is 54.6 Å². The second kappa shape index (κ2) is 7.76. The minimum atomic E-state index is -1.06. The molecule has 1 N–H and O–H groups in total. The molecule has 3 rings (SSSR count). The Morgan fingerprint density at radius 3 is 2.50 bits per heavy atom. The summed E-state index contributed by atoms with van der Waals surface area (Å²) < 4.78 is 5.71. The highest BCUT2D eigenvalue weighted by Gasteiger charge is 2.37. The van der Waals surface area contributed by atoms with Gasteiger partial charge in [0.15, 0.2) is 6.61 Å². The van der Waals surface area contributed by atoms with E-state index in [0.717, 1.165) is 16.7 Å². The molecule has 6 nitrogen and oxygen atoms in total. The molecule has 1 fully saturated rings. The van der Waals surface area contributed by atoms with E-state index in [9.17, 15) is 14.4 Å². The SMILES string of the molecule is O=C(O)COc1ccc(/C=C2/SC(=O)N(c3ccccc3Br)C2=O)cc1. The van der Waals surface area contributed by atoms with Crippen molar-refractivity contribution in [2.24, 2.45) is 0 Å². The van der Waals surface area contributed by atoms with E-state index in [0.29, 0.717) is 26.4 Å². The summed E-state index contributed by atoms with van der Waals surface area (Å²) in [6, 6.07) is 13.6. The largest absolute Gasteiger partial charge is 0.482 e. The molecule has 0 bridgehead atoms. The normalized spacial score (nSPS) is 15.6. The molecule has 8 heteroatoms. The number of halogens is 1. The fourth-order valence-corrected chi connectivity index (χ4v) is 3.56. The summed E-state index contributed by atoms with van der Waals surface area (Å²) in [5.41, 5.74) is 1.20. The van der Waals surface area contributed by atoms with Gasteiger partial charge in [0.25, 0.3) is 11.1 Å². The van der Waals surface area contributed by atoms with E-state index in [1.807, 2.05) is 0 Å². The number of ether oxygens (including phenoxy) is 1. The number of amides is 2. The third kappa shape index (κ3) is 3.97. The maximum atomic E-state index is 12.6. The van der Waals surface area contributed by atoms with Gasteiger partial charge in [0.2, 0.25) is 0 Å². The summed E-state index contributed by atoms with van der Waals surface area (Å²) in [7, 11) is 0. The van der Waals surface area contributed by atoms with Gasteiger partial charge in [-0.2, -0.15) is 0 Å². The zero-order valence-electron chi connectivity index (χ0n) is 13.2. The lowest BCUT2D eigenvalue weighted by atomic mass is 10.2. The molecule has 2 aromatic carbocycles. The van der Waals surface area contributed by atoms with Crippen LogP contribution >= 0.6 is 27.7 Å². The van der Waals surface area contributed by atoms with Crippen molar-refractivity contribution in [1.82, 2.24) is 0 Å². The van der Waals surface area contributed by atoms with Crippen LogP contribution in [0.2, 0.25) is 0 Å². The molecule has 132 valence electrons. The Labute approximate surface area is 161 Å². The first-order valence-electron chi connectivity index (χ1n) is 7.43. The predicted molar refractivity (Wildman–Crippen MR) is 102 cm³/mol. The van der Waals surface area contributed by atoms with Crippen molar-refractivity contribution < 1.29 is 24.2 Å². The summed E-state index contributed by atoms with van der Waals surface area (Å²) in [5, 5.41) is 8.23. The Morgan fingerprint density at radius 2 is 1.85 bits per heavy atom. The maximum absolute atomic E-state index is 12.6. The van der Waals surface area contributed by atoms with Crippen molar-refractivity contribution in [2.45, 2.75) is 0 Å². The molecule has 26 heavy (non-hydrogen) atoms. The number of para-hydroxylation sites is 1. The number of rotatable bonds is 5. The van der Waals surface area contributed by atoms with Gasteiger partial charge in [0.05, 0.1) is 10.6 Å². The Balaban J connectivity index is 1.80. The minimum absolute atomic E-state index is 0.310. The van der Waals surface area contributed by atoms with Gasteiger partial charge in [0.1, 0.15) is 5.75 Å². The van der Waals surface area contributed by atoms with Crippen LogP contribution in [0.4, 0.5) is 10.5 Å². The number of hydrogen-bond donors (Lipinski definition) is 1. The number of benzene rings is 2. The van der Waals surface area contributed by atoms with E-state index in [-0.39, 0.29) is 5.24 Å². The van der Waals surface area contributed by atoms with Gasteiger partial charge < -0.3 is 9.84 Å². The number of thioether (sulfide) groups is 1. The molecular formula is C18H12BrNO5S. The first-order valence-corrected chi connectivity index (χ1v) is 9.04. The van der Waals surface area contributed by atoms with Crippen LogP contribution < -0.4 is 9.64 Å². The highest BCUT2D eigenvalue weighted by molar-refractivity contribution is 9.10. The number of aliphatic carboxylic acids is 1. The molecule has 0 aromatic heterocycles. The molecule has 1 saturated heterocycles. The molecular weight excluding hydrogens is 422 g/mol. The van der Waals surface area contributed by atoms with Crippen LogP contribution in [0.5, 0.6) is 5.75 Å². The van der Waals surface area contributed by atoms with Crippen LogP contribution in [0.3, 0.4) is 0 Å². The molecule has 0 aliphatic carbocycles. The maximum Gasteiger partial charge on any atom is 0.341 e. The van der Waals surface area contributed by atoms with Gasteiger partial charge in [-0.05, 0) is 63.6 Å². The first-order chi connectivity index (χ1) is 12.5. The van der Waals surface area contributed by atoms with E-state index in [2.05, 4.69) is 15.9 Å². The summed E-state index contributed by atoms with van der Waals surface area (Å²) in [6.45, 7) is -0.426. The van der Waals surface area contributed by atoms with Gasteiger partial charge in [-0.15, -0.1) is 0 Å². The average molecular weight is 434 g/mol. The smallest absolute Gasteiger partial charge is 0.341 e. The standard InChI is InChI=1S/C18H12BrNO5S/c19-13-3-1-2-4-14(13)20-17(23)15(26-18(20)24)9-11-5-7-12(8-6-11)25-10-16(21)22/h1-9H,10H2,(H,21,22)/b15-9+. The van der Waals surface area contributed by atoms with Crippen molar-refractivity contribution in [3.8, 4) is 5.75 Å². The van der Waals surface area contributed by atoms with E-state index in [1.165, 1.54) is 0 Å². The van der Waals surface area contributed by atoms with Crippen molar-refractivity contribution in [1.29, 1.82) is 0 Å². The van der Waals surface area contributed by atoms with Gasteiger partial charge in [-0.1, -0.05) is 24.3 Å². The fourth-order valence-electron chi connectivity index (χ4n) is 2.27. The molecule has 1 heterocycles. The van der Waals surface area contributed by atoms with Gasteiger partial charge in [-0.3, -0.25) is 9.59 Å². The first kappa shape index (κ1) is 18.2. The van der Waals surface area contributed by atoms with Crippen molar-refractivity contribution in [2.75, 3.05) is 11.5 Å². The number of anilines is 1. The second-order valence-electron chi connectivity index (χ2n) is 5.22. The molecule has 0 spiro atoms. The number of nitrogens with zero attached hydrogens (tertiary/aromatic N) is 1. The molecule has 0 saturated carbocycles. The third-order valence-electron chi connectivity index (χ3n) is 3.43. The van der Waals surface area contributed by atoms with E-state index < -0.39 is 18.5 Å². The van der Waals surface area contributed by atoms with Gasteiger partial charge in [0, 0.05) is 4.47 Å². The lowest BCUT2D eigenvalue weighted by Gasteiger charge is -2.13. The van der Waals surface area contributed by atoms with Crippen molar-refractivity contribution in [3.63, 3.8) is 0 Å². The summed E-state index contributed by atoms with van der Waals surface area (Å²) in [5.74, 6) is -1.04. The number of carboxylic acids is 1. The zero-order chi connectivity index (χ0) is 18.7. The molecule has 2 amide bonds. The van der Waals surface area contributed by atoms with Crippen LogP contribution in [-0.4, -0.2) is 28.8 Å². The highest BCUT2D eigenvalue weighted by Crippen LogP contribution is 2.38. The van der Waals surface area contributed by atoms with E-state index in [4.69, 9.17) is 9.84 Å². The van der Waals surface area contributed by atoms with Crippen LogP contribution in [0.15, 0.2) is 57.9 Å². The molecule has 0 unspecified atom stereocenters. The summed E-state index contributed by atoms with van der Waals surface area (Å²) in [6.07, 6.45) is 1.61. The average Bonchev–Trinajstić information content (AvgIpc) is 2.88. The van der Waals surface area contributed by atoms with Crippen LogP contribution in [0, 0.1) is 0 Å². The van der Waals surface area contributed by atoms with Crippen LogP contribution in [0.1, 0.15) is 5.56 Å². The van der Waals surface area contributed by atoms with E-state index >= 15 is 0 Å². The number of hydrogen-bond acceptors (Lipinski definition) is 5. The number of imide groups is 1. The molecule has 0 atom stereocenters. The van der Waals surface area contributed by atoms with Gasteiger partial charge >= 0.3 is 5.97 Å². The lowest BCUT2D eigenvalue weighted by molar-refractivity contribution is -0.139. The Morgan fingerprint density at radius 1 is 1.15 bits per heavy atom. The Kier molecular flexibility index (Phi) is 5.43. The fraction of sp³-hybridized carbons (Fsp3) is 0.0556. The van der Waals surface area contributed by atoms with Gasteiger partial charge in [-0.25, -0.2) is 9.69 Å². The summed E-state index contributed by atoms with van der Waals surface area (Å²) in [4.78, 5) is 36.8. The molecule has 1 aliphatic heterocycles. The monoisotopic (exact) mass is 433 g/mol. The Bertz CT molecular complexity index is 910. The quantitative estimate of drug-likeness (QED) is 0.712. The highest BCUT2D eigenvalue weighted by atomic mass is 79.9. The Hall–Kier alpha value is -2.58. The lowest BCUT2D eigenvalue weighted by Crippen LogP contribution is -2.27. The number of carbonyl (C=O) groups excluding carboxylic acids is 2. The van der Waals surface area contributed by atoms with Crippen LogP contribution in [0.25, 0.3) is 6.08 Å². The predicted octanol–water partition coefficient (Wildman–Crippen LogP) is 4.15. The van der Waals surface area contributed by atoms with Crippen LogP contribution in [-0.2, 0) is 9.59 Å². The molecule has 2 aromatic rings. The second-order valence-corrected chi connectivity index (χ2v) is 7.07. The topological polar surface area (TPSA) is 83.9 Å². The number of carboxylic acid groups (broad SMARTS) is 1. The van der Waals surface area contributed by atoms with Crippen molar-refractivity contribution in [3.05, 3.63) is 63.5 Å². The molecule has 0 radical (unpaired) electrons. The zero-order valence-corrected chi connectivity index (χ0v) is 15.6. The summed E-state index contributed by atoms with van der Waals surface area (Å²) >= 11 is 4.22. The third-order valence-corrected chi connectivity index (χ3v) is 4.97. The van der Waals surface area contributed by atoms with Crippen molar-refractivity contribution >= 4 is 56.6 Å². The molecule has 1 aliphatic rings. The minimum Gasteiger partial charge on any atom is -0.482 e.